The molecule has 0 atom stereocenters. The van der Waals surface area contributed by atoms with Gasteiger partial charge in [-0.3, -0.25) is 20.2 Å². The summed E-state index contributed by atoms with van der Waals surface area (Å²) in [6, 6.07) is 9.48. The van der Waals surface area contributed by atoms with Gasteiger partial charge in [0.05, 0.1) is 16.2 Å². The molecule has 6 nitrogen and oxygen atoms in total. The molecule has 1 amide bonds. The van der Waals surface area contributed by atoms with Crippen LogP contribution in [0.4, 0.5) is 24.5 Å². The summed E-state index contributed by atoms with van der Waals surface area (Å²) in [5, 5.41) is 14.8. The van der Waals surface area contributed by atoms with Gasteiger partial charge in [0.15, 0.2) is 5.11 Å². The molecular weight excluding hydrogens is 359 g/mol. The Morgan fingerprint density at radius 3 is 2.44 bits per heavy atom. The lowest BCUT2D eigenvalue weighted by atomic mass is 10.1. The summed E-state index contributed by atoms with van der Waals surface area (Å²) in [5.41, 5.74) is -1.61. The van der Waals surface area contributed by atoms with Gasteiger partial charge < -0.3 is 5.32 Å². The number of carbonyl (C=O) groups excluding carboxylic acids is 1. The third-order valence-electron chi connectivity index (χ3n) is 3.03. The lowest BCUT2D eigenvalue weighted by Gasteiger charge is -2.15. The standard InChI is InChI=1S/C15H10F3N3O3S/c16-15(17,18)11-6-1-2-7-12(11)19-14(25)20-13(22)9-4-3-5-10(8-9)21(23)24/h1-8H,(H2,19,20,22,25). The molecule has 0 aliphatic carbocycles. The van der Waals surface area contributed by atoms with E-state index in [-0.39, 0.29) is 22.1 Å². The minimum atomic E-state index is -4.59. The normalized spacial score (nSPS) is 10.8. The van der Waals surface area contributed by atoms with E-state index in [9.17, 15) is 28.1 Å². The predicted octanol–water partition coefficient (Wildman–Crippen LogP) is 3.74. The highest BCUT2D eigenvalue weighted by Crippen LogP contribution is 2.34. The molecular formula is C15H10F3N3O3S. The van der Waals surface area contributed by atoms with Crippen molar-refractivity contribution in [1.82, 2.24) is 5.32 Å². The summed E-state index contributed by atoms with van der Waals surface area (Å²) in [5.74, 6) is -0.786. The lowest BCUT2D eigenvalue weighted by molar-refractivity contribution is -0.384. The van der Waals surface area contributed by atoms with Crippen molar-refractivity contribution in [3.05, 3.63) is 69.8 Å². The molecule has 0 heterocycles. The number of nitrogens with one attached hydrogen (secondary N) is 2. The number of halogens is 3. The summed E-state index contributed by atoms with van der Waals surface area (Å²) in [6.07, 6.45) is -4.59. The van der Waals surface area contributed by atoms with Crippen molar-refractivity contribution < 1.29 is 22.9 Å². The van der Waals surface area contributed by atoms with Crippen molar-refractivity contribution in [2.75, 3.05) is 5.32 Å². The number of hydrogen-bond donors (Lipinski definition) is 2. The van der Waals surface area contributed by atoms with Crippen LogP contribution in [0.3, 0.4) is 0 Å². The number of para-hydroxylation sites is 1. The van der Waals surface area contributed by atoms with E-state index in [0.717, 1.165) is 18.2 Å². The zero-order valence-electron chi connectivity index (χ0n) is 12.3. The second-order valence-electron chi connectivity index (χ2n) is 4.76. The lowest BCUT2D eigenvalue weighted by Crippen LogP contribution is -2.34. The van der Waals surface area contributed by atoms with Gasteiger partial charge in [-0.2, -0.15) is 13.2 Å². The number of hydrogen-bond acceptors (Lipinski definition) is 4. The van der Waals surface area contributed by atoms with Gasteiger partial charge in [-0.25, -0.2) is 0 Å². The van der Waals surface area contributed by atoms with E-state index >= 15 is 0 Å². The number of nitro benzene ring substituents is 1. The fraction of sp³-hybridized carbons (Fsp3) is 0.0667. The zero-order valence-corrected chi connectivity index (χ0v) is 13.1. The first kappa shape index (κ1) is 18.3. The van der Waals surface area contributed by atoms with Gasteiger partial charge >= 0.3 is 6.18 Å². The van der Waals surface area contributed by atoms with Crippen molar-refractivity contribution in [1.29, 1.82) is 0 Å². The van der Waals surface area contributed by atoms with Gasteiger partial charge in [-0.05, 0) is 30.4 Å². The van der Waals surface area contributed by atoms with Crippen LogP contribution < -0.4 is 10.6 Å². The number of nitro groups is 1. The van der Waals surface area contributed by atoms with Crippen LogP contribution in [0, 0.1) is 10.1 Å². The fourth-order valence-electron chi connectivity index (χ4n) is 1.93. The molecule has 0 aliphatic heterocycles. The van der Waals surface area contributed by atoms with E-state index in [2.05, 4.69) is 10.6 Å². The maximum Gasteiger partial charge on any atom is 0.418 e. The monoisotopic (exact) mass is 369 g/mol. The van der Waals surface area contributed by atoms with Crippen LogP contribution in [-0.2, 0) is 6.18 Å². The smallest absolute Gasteiger partial charge is 0.332 e. The van der Waals surface area contributed by atoms with Crippen molar-refractivity contribution in [2.45, 2.75) is 6.18 Å². The first-order valence-corrected chi connectivity index (χ1v) is 7.12. The van der Waals surface area contributed by atoms with Crippen molar-refractivity contribution in [2.24, 2.45) is 0 Å². The fourth-order valence-corrected chi connectivity index (χ4v) is 2.13. The Morgan fingerprint density at radius 2 is 1.80 bits per heavy atom. The Bertz CT molecular complexity index is 840. The molecule has 10 heteroatoms. The van der Waals surface area contributed by atoms with Gasteiger partial charge in [0, 0.05) is 17.7 Å². The van der Waals surface area contributed by atoms with Gasteiger partial charge in [-0.1, -0.05) is 18.2 Å². The van der Waals surface area contributed by atoms with E-state index in [0.29, 0.717) is 0 Å². The second kappa shape index (κ2) is 7.26. The van der Waals surface area contributed by atoms with Crippen molar-refractivity contribution >= 4 is 34.6 Å². The Labute approximate surface area is 144 Å². The Balaban J connectivity index is 2.12. The molecule has 0 fully saturated rings. The number of nitrogens with zero attached hydrogens (tertiary/aromatic N) is 1. The molecule has 0 aromatic heterocycles. The van der Waals surface area contributed by atoms with E-state index in [1.807, 2.05) is 0 Å². The Morgan fingerprint density at radius 1 is 1.12 bits per heavy atom. The average molecular weight is 369 g/mol. The summed E-state index contributed by atoms with van der Waals surface area (Å²) in [4.78, 5) is 22.0. The van der Waals surface area contributed by atoms with Crippen LogP contribution in [0.5, 0.6) is 0 Å². The number of non-ortho nitro benzene ring substituents is 1. The molecule has 2 N–H and O–H groups in total. The van der Waals surface area contributed by atoms with Crippen LogP contribution in [0.1, 0.15) is 15.9 Å². The van der Waals surface area contributed by atoms with Crippen LogP contribution in [-0.4, -0.2) is 15.9 Å². The largest absolute Gasteiger partial charge is 0.418 e. The molecule has 0 saturated carbocycles. The van der Waals surface area contributed by atoms with E-state index in [1.54, 1.807) is 0 Å². The van der Waals surface area contributed by atoms with Crippen molar-refractivity contribution in [3.63, 3.8) is 0 Å². The third-order valence-corrected chi connectivity index (χ3v) is 3.23. The van der Waals surface area contributed by atoms with Crippen LogP contribution >= 0.6 is 12.2 Å². The van der Waals surface area contributed by atoms with E-state index in [1.165, 1.54) is 30.3 Å². The number of benzene rings is 2. The highest BCUT2D eigenvalue weighted by molar-refractivity contribution is 7.80. The maximum atomic E-state index is 12.9. The second-order valence-corrected chi connectivity index (χ2v) is 5.17. The Hall–Kier alpha value is -3.01. The third kappa shape index (κ3) is 4.73. The average Bonchev–Trinajstić information content (AvgIpc) is 2.54. The van der Waals surface area contributed by atoms with Crippen molar-refractivity contribution in [3.8, 4) is 0 Å². The molecule has 0 spiro atoms. The molecule has 2 aromatic carbocycles. The SMILES string of the molecule is O=C(NC(=S)Nc1ccccc1C(F)(F)F)c1cccc([N+](=O)[O-])c1. The molecule has 0 bridgehead atoms. The predicted molar refractivity (Wildman–Crippen MR) is 88.2 cm³/mol. The molecule has 25 heavy (non-hydrogen) atoms. The Kier molecular flexibility index (Phi) is 5.32. The molecule has 0 saturated heterocycles. The first-order chi connectivity index (χ1) is 11.7. The highest BCUT2D eigenvalue weighted by atomic mass is 32.1. The quantitative estimate of drug-likeness (QED) is 0.489. The maximum absolute atomic E-state index is 12.9. The molecule has 130 valence electrons. The number of carbonyl (C=O) groups is 1. The summed E-state index contributed by atoms with van der Waals surface area (Å²) < 4.78 is 38.7. The minimum Gasteiger partial charge on any atom is -0.332 e. The van der Waals surface area contributed by atoms with Gasteiger partial charge in [0.1, 0.15) is 0 Å². The summed E-state index contributed by atoms with van der Waals surface area (Å²) in [7, 11) is 0. The van der Waals surface area contributed by atoms with Crippen LogP contribution in [0.2, 0.25) is 0 Å². The number of thiocarbonyl (C=S) groups is 1. The van der Waals surface area contributed by atoms with Crippen LogP contribution in [0.15, 0.2) is 48.5 Å². The molecule has 0 radical (unpaired) electrons. The topological polar surface area (TPSA) is 84.3 Å². The van der Waals surface area contributed by atoms with E-state index < -0.39 is 22.6 Å². The summed E-state index contributed by atoms with van der Waals surface area (Å²) in [6.45, 7) is 0. The highest BCUT2D eigenvalue weighted by Gasteiger charge is 2.33. The van der Waals surface area contributed by atoms with E-state index in [4.69, 9.17) is 12.2 Å². The van der Waals surface area contributed by atoms with Gasteiger partial charge in [0.25, 0.3) is 11.6 Å². The zero-order chi connectivity index (χ0) is 18.6. The number of anilines is 1. The van der Waals surface area contributed by atoms with Crippen LogP contribution in [0.25, 0.3) is 0 Å². The van der Waals surface area contributed by atoms with Gasteiger partial charge in [0.2, 0.25) is 0 Å². The first-order valence-electron chi connectivity index (χ1n) is 6.71. The number of rotatable bonds is 3. The van der Waals surface area contributed by atoms with Gasteiger partial charge in [-0.15, -0.1) is 0 Å². The summed E-state index contributed by atoms with van der Waals surface area (Å²) >= 11 is 4.83. The molecule has 2 aromatic rings. The molecule has 0 unspecified atom stereocenters. The number of alkyl halides is 3. The molecule has 0 aliphatic rings. The number of amides is 1. The molecule has 2 rings (SSSR count). The minimum absolute atomic E-state index is 0.0533.